The molecule has 0 saturated carbocycles. The predicted octanol–water partition coefficient (Wildman–Crippen LogP) is 3.48. The van der Waals surface area contributed by atoms with Crippen LogP contribution in [0.15, 0.2) is 36.5 Å². The number of rotatable bonds is 5. The Bertz CT molecular complexity index is 724. The summed E-state index contributed by atoms with van der Waals surface area (Å²) >= 11 is 1.25. The fraction of sp³-hybridized carbons (Fsp3) is 0.312. The molecular weight excluding hydrogens is 280 g/mol. The van der Waals surface area contributed by atoms with Crippen LogP contribution in [0.2, 0.25) is 0 Å². The molecule has 108 valence electrons. The van der Waals surface area contributed by atoms with Gasteiger partial charge in [0.05, 0.1) is 35.2 Å². The maximum atomic E-state index is 4.55. The van der Waals surface area contributed by atoms with Gasteiger partial charge in [-0.1, -0.05) is 19.1 Å². The Morgan fingerprint density at radius 3 is 2.90 bits per heavy atom. The molecule has 0 saturated heterocycles. The van der Waals surface area contributed by atoms with Crippen LogP contribution < -0.4 is 5.32 Å². The Morgan fingerprint density at radius 1 is 1.24 bits per heavy atom. The second-order valence-corrected chi connectivity index (χ2v) is 5.68. The van der Waals surface area contributed by atoms with Crippen LogP contribution in [-0.4, -0.2) is 20.3 Å². The Hall–Kier alpha value is -1.85. The highest BCUT2D eigenvalue weighted by Gasteiger charge is 2.16. The van der Waals surface area contributed by atoms with Crippen LogP contribution in [0.3, 0.4) is 0 Å². The van der Waals surface area contributed by atoms with Crippen molar-refractivity contribution in [1.29, 1.82) is 0 Å². The molecule has 0 amide bonds. The summed E-state index contributed by atoms with van der Waals surface area (Å²) in [6, 6.07) is 10.7. The molecule has 2 aromatic heterocycles. The number of aryl methyl sites for hydroxylation is 1. The number of aromatic nitrogens is 3. The summed E-state index contributed by atoms with van der Waals surface area (Å²) < 4.78 is 8.52. The molecular formula is C16H18N4S. The quantitative estimate of drug-likeness (QED) is 0.783. The lowest BCUT2D eigenvalue weighted by molar-refractivity contribution is 0.590. The lowest BCUT2D eigenvalue weighted by Gasteiger charge is -2.17. The molecule has 1 unspecified atom stereocenters. The number of hydrogen-bond acceptors (Lipinski definition) is 5. The molecule has 0 aliphatic carbocycles. The first kappa shape index (κ1) is 14.1. The van der Waals surface area contributed by atoms with Gasteiger partial charge in [0.2, 0.25) is 0 Å². The van der Waals surface area contributed by atoms with E-state index in [0.717, 1.165) is 35.3 Å². The number of pyridine rings is 1. The van der Waals surface area contributed by atoms with Crippen molar-refractivity contribution in [3.05, 3.63) is 53.5 Å². The predicted molar refractivity (Wildman–Crippen MR) is 86.5 cm³/mol. The lowest BCUT2D eigenvalue weighted by atomic mass is 10.0. The lowest BCUT2D eigenvalue weighted by Crippen LogP contribution is -2.23. The third-order valence-electron chi connectivity index (χ3n) is 3.46. The number of nitrogens with one attached hydrogen (secondary N) is 1. The largest absolute Gasteiger partial charge is 0.305 e. The Balaban J connectivity index is 2.00. The Labute approximate surface area is 128 Å². The normalized spacial score (nSPS) is 12.7. The van der Waals surface area contributed by atoms with Gasteiger partial charge in [0.15, 0.2) is 0 Å². The molecule has 4 nitrogen and oxygen atoms in total. The Kier molecular flexibility index (Phi) is 4.22. The van der Waals surface area contributed by atoms with E-state index in [1.165, 1.54) is 17.3 Å². The van der Waals surface area contributed by atoms with E-state index < -0.39 is 0 Å². The summed E-state index contributed by atoms with van der Waals surface area (Å²) in [7, 11) is 0. The van der Waals surface area contributed by atoms with E-state index in [-0.39, 0.29) is 6.04 Å². The average Bonchev–Trinajstić information content (AvgIpc) is 3.02. The van der Waals surface area contributed by atoms with Crippen molar-refractivity contribution in [2.75, 3.05) is 6.54 Å². The SMILES string of the molecule is CCCNC(c1ccc2nc(C)ccc2c1)c1cnsn1. The minimum absolute atomic E-state index is 0.0920. The van der Waals surface area contributed by atoms with Gasteiger partial charge in [-0.15, -0.1) is 0 Å². The Morgan fingerprint density at radius 2 is 2.14 bits per heavy atom. The van der Waals surface area contributed by atoms with Crippen molar-refractivity contribution in [2.45, 2.75) is 26.3 Å². The van der Waals surface area contributed by atoms with E-state index >= 15 is 0 Å². The maximum Gasteiger partial charge on any atom is 0.0957 e. The van der Waals surface area contributed by atoms with E-state index in [4.69, 9.17) is 0 Å². The fourth-order valence-corrected chi connectivity index (χ4v) is 2.86. The van der Waals surface area contributed by atoms with Gasteiger partial charge < -0.3 is 5.32 Å². The first-order valence-corrected chi connectivity index (χ1v) is 7.89. The molecule has 2 heterocycles. The molecule has 21 heavy (non-hydrogen) atoms. The van der Waals surface area contributed by atoms with Crippen molar-refractivity contribution in [1.82, 2.24) is 19.0 Å². The standard InChI is InChI=1S/C16H18N4S/c1-3-8-17-16(15-10-18-21-20-15)13-6-7-14-12(9-13)5-4-11(2)19-14/h4-7,9-10,16-17H,3,8H2,1-2H3. The van der Waals surface area contributed by atoms with Crippen LogP contribution in [0.25, 0.3) is 10.9 Å². The van der Waals surface area contributed by atoms with Crippen molar-refractivity contribution in [3.8, 4) is 0 Å². The number of nitrogens with zero attached hydrogens (tertiary/aromatic N) is 3. The van der Waals surface area contributed by atoms with E-state index in [2.05, 4.69) is 50.2 Å². The molecule has 0 fully saturated rings. The summed E-state index contributed by atoms with van der Waals surface area (Å²) in [5.41, 5.74) is 4.26. The van der Waals surface area contributed by atoms with Gasteiger partial charge in [0.25, 0.3) is 0 Å². The smallest absolute Gasteiger partial charge is 0.0957 e. The third kappa shape index (κ3) is 3.09. The zero-order chi connectivity index (χ0) is 14.7. The number of hydrogen-bond donors (Lipinski definition) is 1. The van der Waals surface area contributed by atoms with Crippen molar-refractivity contribution in [3.63, 3.8) is 0 Å². The number of benzene rings is 1. The van der Waals surface area contributed by atoms with Crippen LogP contribution in [0.5, 0.6) is 0 Å². The number of fused-ring (bicyclic) bond motifs is 1. The second kappa shape index (κ2) is 6.28. The van der Waals surface area contributed by atoms with Gasteiger partial charge in [-0.05, 0) is 43.7 Å². The topological polar surface area (TPSA) is 50.7 Å². The van der Waals surface area contributed by atoms with Crippen molar-refractivity contribution >= 4 is 22.6 Å². The molecule has 0 bridgehead atoms. The van der Waals surface area contributed by atoms with Gasteiger partial charge >= 0.3 is 0 Å². The minimum atomic E-state index is 0.0920. The van der Waals surface area contributed by atoms with Crippen LogP contribution in [0.4, 0.5) is 0 Å². The van der Waals surface area contributed by atoms with E-state index in [0.29, 0.717) is 0 Å². The first-order valence-electron chi connectivity index (χ1n) is 7.16. The maximum absolute atomic E-state index is 4.55. The highest BCUT2D eigenvalue weighted by atomic mass is 32.1. The van der Waals surface area contributed by atoms with Crippen molar-refractivity contribution in [2.24, 2.45) is 0 Å². The van der Waals surface area contributed by atoms with Gasteiger partial charge in [-0.25, -0.2) is 0 Å². The average molecular weight is 298 g/mol. The monoisotopic (exact) mass is 298 g/mol. The summed E-state index contributed by atoms with van der Waals surface area (Å²) in [4.78, 5) is 4.55. The molecule has 1 N–H and O–H groups in total. The van der Waals surface area contributed by atoms with E-state index in [1.54, 1.807) is 0 Å². The second-order valence-electron chi connectivity index (χ2n) is 5.12. The zero-order valence-electron chi connectivity index (χ0n) is 12.2. The molecule has 1 atom stereocenters. The van der Waals surface area contributed by atoms with Gasteiger partial charge in [0.1, 0.15) is 0 Å². The molecule has 0 aliphatic heterocycles. The minimum Gasteiger partial charge on any atom is -0.305 e. The molecule has 3 rings (SSSR count). The zero-order valence-corrected chi connectivity index (χ0v) is 13.0. The van der Waals surface area contributed by atoms with Crippen LogP contribution in [-0.2, 0) is 0 Å². The van der Waals surface area contributed by atoms with Crippen LogP contribution in [0.1, 0.15) is 36.3 Å². The van der Waals surface area contributed by atoms with Crippen molar-refractivity contribution < 1.29 is 0 Å². The highest BCUT2D eigenvalue weighted by molar-refractivity contribution is 6.99. The van der Waals surface area contributed by atoms with Gasteiger partial charge in [-0.3, -0.25) is 4.98 Å². The summed E-state index contributed by atoms with van der Waals surface area (Å²) in [5.74, 6) is 0. The summed E-state index contributed by atoms with van der Waals surface area (Å²) in [5, 5.41) is 4.70. The molecule has 3 aromatic rings. The fourth-order valence-electron chi connectivity index (χ4n) is 2.41. The third-order valence-corrected chi connectivity index (χ3v) is 3.95. The van der Waals surface area contributed by atoms with Gasteiger partial charge in [-0.2, -0.15) is 8.75 Å². The highest BCUT2D eigenvalue weighted by Crippen LogP contribution is 2.24. The van der Waals surface area contributed by atoms with E-state index in [1.807, 2.05) is 19.2 Å². The van der Waals surface area contributed by atoms with E-state index in [9.17, 15) is 0 Å². The molecule has 0 spiro atoms. The molecule has 5 heteroatoms. The van der Waals surface area contributed by atoms with Crippen LogP contribution >= 0.6 is 11.7 Å². The summed E-state index contributed by atoms with van der Waals surface area (Å²) in [6.45, 7) is 5.13. The first-order chi connectivity index (χ1) is 10.3. The summed E-state index contributed by atoms with van der Waals surface area (Å²) in [6.07, 6.45) is 2.93. The van der Waals surface area contributed by atoms with Crippen LogP contribution in [0, 0.1) is 6.92 Å². The molecule has 0 aliphatic rings. The van der Waals surface area contributed by atoms with Gasteiger partial charge in [0, 0.05) is 11.1 Å². The molecule has 1 aromatic carbocycles. The molecule has 0 radical (unpaired) electrons.